The van der Waals surface area contributed by atoms with Gasteiger partial charge in [-0.05, 0) is 48.7 Å². The van der Waals surface area contributed by atoms with Crippen LogP contribution in [0.5, 0.6) is 11.5 Å². The van der Waals surface area contributed by atoms with Crippen LogP contribution < -0.4 is 14.8 Å². The van der Waals surface area contributed by atoms with E-state index >= 15 is 0 Å². The number of aromatic nitrogens is 2. The summed E-state index contributed by atoms with van der Waals surface area (Å²) in [5.74, 6) is 1.62. The molecule has 8 nitrogen and oxygen atoms in total. The van der Waals surface area contributed by atoms with E-state index in [9.17, 15) is 9.18 Å². The first-order valence-corrected chi connectivity index (χ1v) is 10.6. The SMILES string of the molecule is COc1cc2cc3c(Nc4cccc(F)c4)[nH][nH]c-3c2cc1OCCOCCOCC(C)=O. The molecule has 0 saturated carbocycles. The molecule has 0 unspecified atom stereocenters. The van der Waals surface area contributed by atoms with E-state index in [1.165, 1.54) is 19.1 Å². The Bertz CT molecular complexity index is 1200. The van der Waals surface area contributed by atoms with E-state index in [1.807, 2.05) is 18.2 Å². The zero-order valence-electron chi connectivity index (χ0n) is 18.5. The van der Waals surface area contributed by atoms with Crippen LogP contribution in [0.15, 0.2) is 42.5 Å². The van der Waals surface area contributed by atoms with Gasteiger partial charge in [0.15, 0.2) is 17.3 Å². The molecule has 2 aromatic carbocycles. The fourth-order valence-electron chi connectivity index (χ4n) is 3.54. The topological polar surface area (TPSA) is 97.6 Å². The Morgan fingerprint density at radius 1 is 1.00 bits per heavy atom. The molecule has 0 fully saturated rings. The van der Waals surface area contributed by atoms with Crippen LogP contribution in [-0.2, 0) is 14.3 Å². The minimum absolute atomic E-state index is 0.0148. The summed E-state index contributed by atoms with van der Waals surface area (Å²) in [6.45, 7) is 3.03. The molecule has 174 valence electrons. The molecule has 0 bridgehead atoms. The molecule has 0 spiro atoms. The van der Waals surface area contributed by atoms with Crippen LogP contribution in [0.4, 0.5) is 15.9 Å². The van der Waals surface area contributed by atoms with Gasteiger partial charge in [0.2, 0.25) is 0 Å². The number of methoxy groups -OCH3 is 1. The van der Waals surface area contributed by atoms with E-state index in [1.54, 1.807) is 19.2 Å². The van der Waals surface area contributed by atoms with Crippen LogP contribution in [0.2, 0.25) is 0 Å². The van der Waals surface area contributed by atoms with Gasteiger partial charge in [-0.15, -0.1) is 0 Å². The maximum atomic E-state index is 13.5. The number of carbonyl (C=O) groups is 1. The van der Waals surface area contributed by atoms with E-state index in [4.69, 9.17) is 18.9 Å². The summed E-state index contributed by atoms with van der Waals surface area (Å²) in [4.78, 5) is 10.8. The molecule has 0 saturated heterocycles. The van der Waals surface area contributed by atoms with Gasteiger partial charge in [-0.3, -0.25) is 15.0 Å². The van der Waals surface area contributed by atoms with Gasteiger partial charge in [0, 0.05) is 16.6 Å². The predicted molar refractivity (Wildman–Crippen MR) is 123 cm³/mol. The summed E-state index contributed by atoms with van der Waals surface area (Å²) >= 11 is 0. The smallest absolute Gasteiger partial charge is 0.161 e. The quantitative estimate of drug-likeness (QED) is 0.272. The zero-order chi connectivity index (χ0) is 23.2. The van der Waals surface area contributed by atoms with Crippen molar-refractivity contribution in [3.05, 3.63) is 48.3 Å². The van der Waals surface area contributed by atoms with Gasteiger partial charge >= 0.3 is 0 Å². The second kappa shape index (κ2) is 10.4. The van der Waals surface area contributed by atoms with Crippen LogP contribution in [0.25, 0.3) is 22.0 Å². The number of hydrogen-bond acceptors (Lipinski definition) is 6. The average Bonchev–Trinajstić information content (AvgIpc) is 3.34. The number of nitrogens with one attached hydrogen (secondary N) is 3. The third kappa shape index (κ3) is 5.44. The number of anilines is 2. The van der Waals surface area contributed by atoms with Crippen LogP contribution >= 0.6 is 0 Å². The van der Waals surface area contributed by atoms with E-state index in [0.29, 0.717) is 43.6 Å². The Balaban J connectivity index is 1.42. The molecule has 0 amide bonds. The molecule has 0 atom stereocenters. The molecule has 33 heavy (non-hydrogen) atoms. The van der Waals surface area contributed by atoms with Crippen molar-refractivity contribution in [2.75, 3.05) is 45.5 Å². The molecule has 2 aliphatic rings. The van der Waals surface area contributed by atoms with Crippen molar-refractivity contribution in [2.45, 2.75) is 6.92 Å². The lowest BCUT2D eigenvalue weighted by Gasteiger charge is -2.11. The maximum absolute atomic E-state index is 13.5. The Morgan fingerprint density at radius 3 is 2.61 bits per heavy atom. The summed E-state index contributed by atoms with van der Waals surface area (Å²) < 4.78 is 35.5. The summed E-state index contributed by atoms with van der Waals surface area (Å²) in [6.07, 6.45) is 0. The van der Waals surface area contributed by atoms with Gasteiger partial charge < -0.3 is 24.3 Å². The second-order valence-electron chi connectivity index (χ2n) is 7.50. The highest BCUT2D eigenvalue weighted by molar-refractivity contribution is 6.05. The van der Waals surface area contributed by atoms with Gasteiger partial charge in [-0.25, -0.2) is 4.39 Å². The number of rotatable bonds is 12. The fourth-order valence-corrected chi connectivity index (χ4v) is 3.54. The number of benzene rings is 2. The minimum Gasteiger partial charge on any atom is -0.493 e. The summed E-state index contributed by atoms with van der Waals surface area (Å²) in [7, 11) is 1.59. The van der Waals surface area contributed by atoms with Gasteiger partial charge in [-0.1, -0.05) is 6.07 Å². The van der Waals surface area contributed by atoms with Crippen LogP contribution in [0.1, 0.15) is 6.92 Å². The van der Waals surface area contributed by atoms with Crippen molar-refractivity contribution in [3.63, 3.8) is 0 Å². The predicted octanol–water partition coefficient (Wildman–Crippen LogP) is 4.49. The molecule has 4 rings (SSSR count). The van der Waals surface area contributed by atoms with E-state index in [2.05, 4.69) is 15.5 Å². The molecular formula is C24H26FN3O5. The van der Waals surface area contributed by atoms with Crippen LogP contribution in [0.3, 0.4) is 0 Å². The Kier molecular flexibility index (Phi) is 7.11. The number of Topliss-reactive ketones (excluding diaryl/α,β-unsaturated/α-hetero) is 1. The van der Waals surface area contributed by atoms with Gasteiger partial charge in [-0.2, -0.15) is 0 Å². The maximum Gasteiger partial charge on any atom is 0.161 e. The summed E-state index contributed by atoms with van der Waals surface area (Å²) in [6, 6.07) is 12.1. The Labute approximate surface area is 190 Å². The van der Waals surface area contributed by atoms with Crippen molar-refractivity contribution >= 4 is 28.1 Å². The van der Waals surface area contributed by atoms with Crippen molar-refractivity contribution in [3.8, 4) is 22.8 Å². The molecule has 1 heterocycles. The van der Waals surface area contributed by atoms with Crippen molar-refractivity contribution in [1.82, 2.24) is 10.2 Å². The van der Waals surface area contributed by atoms with Gasteiger partial charge in [0.25, 0.3) is 0 Å². The molecule has 9 heteroatoms. The monoisotopic (exact) mass is 455 g/mol. The van der Waals surface area contributed by atoms with Gasteiger partial charge in [0.1, 0.15) is 24.8 Å². The molecule has 1 aliphatic heterocycles. The number of hydrogen-bond donors (Lipinski definition) is 3. The Morgan fingerprint density at radius 2 is 1.82 bits per heavy atom. The van der Waals surface area contributed by atoms with Crippen molar-refractivity contribution in [2.24, 2.45) is 0 Å². The second-order valence-corrected chi connectivity index (χ2v) is 7.50. The summed E-state index contributed by atoms with van der Waals surface area (Å²) in [5, 5.41) is 11.4. The number of aromatic amines is 2. The van der Waals surface area contributed by atoms with E-state index in [0.717, 1.165) is 27.8 Å². The lowest BCUT2D eigenvalue weighted by molar-refractivity contribution is -0.122. The minimum atomic E-state index is -0.307. The van der Waals surface area contributed by atoms with Gasteiger partial charge in [0.05, 0.1) is 32.6 Å². The first-order chi connectivity index (χ1) is 16.0. The standard InChI is InChI=1S/C24H26FN3O5/c1-15(29)14-32-7-6-31-8-9-33-22-13-19-16(11-21(22)30-2)10-20-23(19)27-28-24(20)26-18-5-3-4-17(25)12-18/h3-5,10-13,26-28H,6-9,14H2,1-2H3. The number of halogens is 1. The van der Waals surface area contributed by atoms with Crippen molar-refractivity contribution < 1.29 is 28.1 Å². The molecule has 3 N–H and O–H groups in total. The highest BCUT2D eigenvalue weighted by Gasteiger charge is 2.19. The number of ketones is 1. The third-order valence-electron chi connectivity index (χ3n) is 5.01. The zero-order valence-corrected chi connectivity index (χ0v) is 18.5. The number of carbonyl (C=O) groups excluding carboxylic acids is 1. The third-order valence-corrected chi connectivity index (χ3v) is 5.01. The number of H-pyrrole nitrogens is 2. The van der Waals surface area contributed by atoms with Crippen LogP contribution in [0, 0.1) is 5.82 Å². The normalized spacial score (nSPS) is 11.2. The molecule has 0 aromatic heterocycles. The molecular weight excluding hydrogens is 429 g/mol. The number of ether oxygens (including phenoxy) is 4. The lowest BCUT2D eigenvalue weighted by atomic mass is 10.2. The van der Waals surface area contributed by atoms with Crippen LogP contribution in [-0.4, -0.2) is 56.1 Å². The van der Waals surface area contributed by atoms with Crippen molar-refractivity contribution in [1.29, 1.82) is 0 Å². The van der Waals surface area contributed by atoms with E-state index in [-0.39, 0.29) is 18.2 Å². The molecule has 0 radical (unpaired) electrons. The summed E-state index contributed by atoms with van der Waals surface area (Å²) in [5.41, 5.74) is 2.48. The molecule has 1 aliphatic carbocycles. The van der Waals surface area contributed by atoms with E-state index < -0.39 is 0 Å². The fraction of sp³-hybridized carbons (Fsp3) is 0.292. The highest BCUT2D eigenvalue weighted by atomic mass is 19.1. The highest BCUT2D eigenvalue weighted by Crippen LogP contribution is 2.42. The first-order valence-electron chi connectivity index (χ1n) is 10.6. The molecule has 2 aromatic rings. The lowest BCUT2D eigenvalue weighted by Crippen LogP contribution is -2.13. The largest absolute Gasteiger partial charge is 0.493 e. The Hall–Kier alpha value is -3.56. The average molecular weight is 455 g/mol. The first kappa shape index (κ1) is 22.6. The number of fused-ring (bicyclic) bond motifs is 3.